The van der Waals surface area contributed by atoms with E-state index in [1.54, 1.807) is 7.11 Å². The van der Waals surface area contributed by atoms with Crippen LogP contribution in [0.3, 0.4) is 0 Å². The molecule has 0 spiro atoms. The van der Waals surface area contributed by atoms with E-state index in [0.29, 0.717) is 0 Å². The molecule has 0 aromatic heterocycles. The summed E-state index contributed by atoms with van der Waals surface area (Å²) in [5, 5.41) is 3.26. The molecule has 0 radical (unpaired) electrons. The van der Waals surface area contributed by atoms with Crippen LogP contribution in [0.4, 0.5) is 5.69 Å². The van der Waals surface area contributed by atoms with Crippen molar-refractivity contribution in [3.8, 4) is 5.75 Å². The third-order valence-corrected chi connectivity index (χ3v) is 5.72. The van der Waals surface area contributed by atoms with Crippen LogP contribution in [0.1, 0.15) is 16.9 Å². The predicted molar refractivity (Wildman–Crippen MR) is 92.2 cm³/mol. The Morgan fingerprint density at radius 2 is 1.65 bits per heavy atom. The molecule has 0 saturated carbocycles. The van der Waals surface area contributed by atoms with Crippen LogP contribution in [0.25, 0.3) is 0 Å². The van der Waals surface area contributed by atoms with Crippen LogP contribution < -0.4 is 10.1 Å². The summed E-state index contributed by atoms with van der Waals surface area (Å²) < 4.78 is 28.6. The van der Waals surface area contributed by atoms with Gasteiger partial charge in [0.1, 0.15) is 5.75 Å². The van der Waals surface area contributed by atoms with Gasteiger partial charge >= 0.3 is 7.60 Å². The van der Waals surface area contributed by atoms with Crippen molar-refractivity contribution in [2.24, 2.45) is 0 Å². The Morgan fingerprint density at radius 1 is 1.00 bits per heavy atom. The Hall–Kier alpha value is -1.81. The predicted octanol–water partition coefficient (Wildman–Crippen LogP) is 4.60. The van der Waals surface area contributed by atoms with Crippen LogP contribution in [-0.4, -0.2) is 21.3 Å². The SMILES string of the molecule is COc1ccc(NC(c2ccccc2)P(=O)(OC)OC)cc1C. The zero-order valence-corrected chi connectivity index (χ0v) is 14.7. The minimum absolute atomic E-state index is 0.605. The summed E-state index contributed by atoms with van der Waals surface area (Å²) in [4.78, 5) is 0. The molecule has 6 heteroatoms. The molecular weight excluding hydrogens is 313 g/mol. The molecular formula is C17H22NO4P. The zero-order chi connectivity index (χ0) is 16.9. The van der Waals surface area contributed by atoms with Crippen molar-refractivity contribution < 1.29 is 18.3 Å². The van der Waals surface area contributed by atoms with Gasteiger partial charge in [-0.1, -0.05) is 30.3 Å². The van der Waals surface area contributed by atoms with Gasteiger partial charge in [-0.05, 0) is 36.2 Å². The number of hydrogen-bond donors (Lipinski definition) is 1. The normalized spacial score (nSPS) is 12.7. The lowest BCUT2D eigenvalue weighted by molar-refractivity contribution is 0.268. The molecule has 1 atom stereocenters. The van der Waals surface area contributed by atoms with E-state index in [-0.39, 0.29) is 0 Å². The smallest absolute Gasteiger partial charge is 0.356 e. The van der Waals surface area contributed by atoms with Crippen LogP contribution in [0.15, 0.2) is 48.5 Å². The minimum Gasteiger partial charge on any atom is -0.496 e. The molecule has 0 aliphatic rings. The van der Waals surface area contributed by atoms with Gasteiger partial charge < -0.3 is 19.1 Å². The molecule has 1 unspecified atom stereocenters. The minimum atomic E-state index is -3.35. The molecule has 23 heavy (non-hydrogen) atoms. The Labute approximate surface area is 137 Å². The molecule has 124 valence electrons. The first-order valence-corrected chi connectivity index (χ1v) is 8.82. The number of nitrogens with one attached hydrogen (secondary N) is 1. The summed E-state index contributed by atoms with van der Waals surface area (Å²) >= 11 is 0. The number of aryl methyl sites for hydroxylation is 1. The second-order valence-electron chi connectivity index (χ2n) is 5.05. The highest BCUT2D eigenvalue weighted by molar-refractivity contribution is 7.54. The van der Waals surface area contributed by atoms with Gasteiger partial charge in [-0.25, -0.2) is 0 Å². The fourth-order valence-electron chi connectivity index (χ4n) is 2.39. The first kappa shape index (κ1) is 17.5. The Morgan fingerprint density at radius 3 is 2.17 bits per heavy atom. The van der Waals surface area contributed by atoms with Crippen molar-refractivity contribution in [3.63, 3.8) is 0 Å². The first-order chi connectivity index (χ1) is 11.0. The van der Waals surface area contributed by atoms with Crippen molar-refractivity contribution >= 4 is 13.3 Å². The fraction of sp³-hybridized carbons (Fsp3) is 0.294. The van der Waals surface area contributed by atoms with E-state index in [4.69, 9.17) is 13.8 Å². The monoisotopic (exact) mass is 335 g/mol. The van der Waals surface area contributed by atoms with Crippen LogP contribution in [0, 0.1) is 6.92 Å². The summed E-state index contributed by atoms with van der Waals surface area (Å²) in [5.41, 5.74) is 2.62. The average Bonchev–Trinajstić information content (AvgIpc) is 2.60. The van der Waals surface area contributed by atoms with E-state index in [9.17, 15) is 4.57 Å². The van der Waals surface area contributed by atoms with Crippen LogP contribution in [0.2, 0.25) is 0 Å². The molecule has 2 aromatic rings. The molecule has 5 nitrogen and oxygen atoms in total. The Balaban J connectivity index is 2.39. The van der Waals surface area contributed by atoms with Gasteiger partial charge in [-0.2, -0.15) is 0 Å². The summed E-state index contributed by atoms with van der Waals surface area (Å²) in [6.45, 7) is 1.95. The zero-order valence-electron chi connectivity index (χ0n) is 13.8. The van der Waals surface area contributed by atoms with Gasteiger partial charge in [-0.3, -0.25) is 4.57 Å². The van der Waals surface area contributed by atoms with E-state index in [2.05, 4.69) is 5.32 Å². The van der Waals surface area contributed by atoms with Gasteiger partial charge in [0, 0.05) is 19.9 Å². The topological polar surface area (TPSA) is 56.8 Å². The van der Waals surface area contributed by atoms with Gasteiger partial charge in [-0.15, -0.1) is 0 Å². The van der Waals surface area contributed by atoms with Gasteiger partial charge in [0.05, 0.1) is 7.11 Å². The summed E-state index contributed by atoms with van der Waals surface area (Å²) in [6.07, 6.45) is 0. The highest BCUT2D eigenvalue weighted by Crippen LogP contribution is 2.59. The van der Waals surface area contributed by atoms with Crippen LogP contribution >= 0.6 is 7.60 Å². The lowest BCUT2D eigenvalue weighted by Gasteiger charge is -2.26. The molecule has 1 N–H and O–H groups in total. The molecule has 0 saturated heterocycles. The molecule has 2 rings (SSSR count). The number of methoxy groups -OCH3 is 1. The van der Waals surface area contributed by atoms with Gasteiger partial charge in [0.15, 0.2) is 5.78 Å². The number of ether oxygens (including phenoxy) is 1. The molecule has 0 amide bonds. The number of benzene rings is 2. The van der Waals surface area contributed by atoms with E-state index in [1.165, 1.54) is 14.2 Å². The molecule has 0 aliphatic carbocycles. The molecule has 2 aromatic carbocycles. The van der Waals surface area contributed by atoms with Crippen LogP contribution in [0.5, 0.6) is 5.75 Å². The highest BCUT2D eigenvalue weighted by atomic mass is 31.2. The number of hydrogen-bond acceptors (Lipinski definition) is 5. The average molecular weight is 335 g/mol. The molecule has 0 fully saturated rings. The lowest BCUT2D eigenvalue weighted by atomic mass is 10.2. The summed E-state index contributed by atoms with van der Waals surface area (Å²) in [7, 11) is 1.06. The summed E-state index contributed by atoms with van der Waals surface area (Å²) in [6, 6.07) is 15.1. The maximum Gasteiger partial charge on any atom is 0.356 e. The fourth-order valence-corrected chi connectivity index (χ4v) is 3.81. The third kappa shape index (κ3) is 3.94. The Bertz CT molecular complexity index is 682. The lowest BCUT2D eigenvalue weighted by Crippen LogP contribution is -2.13. The van der Waals surface area contributed by atoms with E-state index < -0.39 is 13.4 Å². The second-order valence-corrected chi connectivity index (χ2v) is 7.37. The van der Waals surface area contributed by atoms with Crippen molar-refractivity contribution in [1.82, 2.24) is 0 Å². The molecule has 0 aliphatic heterocycles. The van der Waals surface area contributed by atoms with Crippen molar-refractivity contribution in [3.05, 3.63) is 59.7 Å². The maximum absolute atomic E-state index is 12.9. The van der Waals surface area contributed by atoms with Crippen molar-refractivity contribution in [2.45, 2.75) is 12.7 Å². The largest absolute Gasteiger partial charge is 0.496 e. The van der Waals surface area contributed by atoms with E-state index in [0.717, 1.165) is 22.6 Å². The van der Waals surface area contributed by atoms with Crippen molar-refractivity contribution in [1.29, 1.82) is 0 Å². The van der Waals surface area contributed by atoms with E-state index in [1.807, 2.05) is 55.5 Å². The molecule has 0 bridgehead atoms. The second kappa shape index (κ2) is 7.64. The quantitative estimate of drug-likeness (QED) is 0.749. The first-order valence-electron chi connectivity index (χ1n) is 7.21. The van der Waals surface area contributed by atoms with Gasteiger partial charge in [0.2, 0.25) is 0 Å². The Kier molecular flexibility index (Phi) is 5.83. The summed E-state index contributed by atoms with van der Waals surface area (Å²) in [5.74, 6) is 0.194. The van der Waals surface area contributed by atoms with Crippen molar-refractivity contribution in [2.75, 3.05) is 26.6 Å². The third-order valence-electron chi connectivity index (χ3n) is 3.64. The molecule has 0 heterocycles. The number of rotatable bonds is 7. The standard InChI is InChI=1S/C17H22NO4P/c1-13-12-15(10-11-16(13)20-2)18-17(23(19,21-3)22-4)14-8-6-5-7-9-14/h5-12,17-18H,1-4H3. The highest BCUT2D eigenvalue weighted by Gasteiger charge is 2.35. The number of anilines is 1. The maximum atomic E-state index is 12.9. The van der Waals surface area contributed by atoms with E-state index >= 15 is 0 Å². The van der Waals surface area contributed by atoms with Crippen LogP contribution in [-0.2, 0) is 13.6 Å². The van der Waals surface area contributed by atoms with Gasteiger partial charge in [0.25, 0.3) is 0 Å².